The summed E-state index contributed by atoms with van der Waals surface area (Å²) in [5, 5.41) is 48.3. The number of aliphatic hydroxyl groups excluding tert-OH is 1. The molecule has 2 atom stereocenters. The molecule has 0 saturated heterocycles. The number of hydrogen-bond acceptors (Lipinski definition) is 6. The third-order valence-corrected chi connectivity index (χ3v) is 3.51. The summed E-state index contributed by atoms with van der Waals surface area (Å²) in [6.07, 6.45) is -1.56. The number of phenolic OH excluding ortho intramolecular Hbond substituents is 4. The SMILES string of the molecule is Oc1cc(O)c2c(c1)OC(c1ccc(O)c(O)c1)C(O)C2.[LiH]. The van der Waals surface area contributed by atoms with Crippen molar-refractivity contribution < 1.29 is 30.3 Å². The molecule has 22 heavy (non-hydrogen) atoms. The molecule has 3 rings (SSSR count). The van der Waals surface area contributed by atoms with Gasteiger partial charge in [0.15, 0.2) is 11.5 Å². The number of ether oxygens (including phenoxy) is 1. The molecule has 0 aromatic heterocycles. The van der Waals surface area contributed by atoms with E-state index < -0.39 is 12.2 Å². The van der Waals surface area contributed by atoms with E-state index >= 15 is 0 Å². The molecule has 0 bridgehead atoms. The number of hydrogen-bond donors (Lipinski definition) is 5. The zero-order chi connectivity index (χ0) is 15.1. The average Bonchev–Trinajstić information content (AvgIpc) is 2.42. The zero-order valence-corrected chi connectivity index (χ0v) is 10.9. The maximum absolute atomic E-state index is 10.2. The van der Waals surface area contributed by atoms with Crippen LogP contribution in [0, 0.1) is 0 Å². The van der Waals surface area contributed by atoms with Gasteiger partial charge in [0.2, 0.25) is 0 Å². The van der Waals surface area contributed by atoms with Crippen molar-refractivity contribution in [1.29, 1.82) is 0 Å². The van der Waals surface area contributed by atoms with Crippen molar-refractivity contribution in [3.63, 3.8) is 0 Å². The van der Waals surface area contributed by atoms with Crippen LogP contribution in [0.4, 0.5) is 0 Å². The molecule has 0 amide bonds. The number of phenols is 4. The van der Waals surface area contributed by atoms with E-state index in [9.17, 15) is 25.5 Å². The van der Waals surface area contributed by atoms with E-state index in [-0.39, 0.29) is 54.0 Å². The van der Waals surface area contributed by atoms with Crippen molar-refractivity contribution in [1.82, 2.24) is 0 Å². The van der Waals surface area contributed by atoms with Crippen LogP contribution in [-0.2, 0) is 6.42 Å². The van der Waals surface area contributed by atoms with Crippen molar-refractivity contribution >= 4 is 18.9 Å². The number of aromatic hydroxyl groups is 4. The van der Waals surface area contributed by atoms with Crippen molar-refractivity contribution in [3.8, 4) is 28.7 Å². The van der Waals surface area contributed by atoms with Crippen LogP contribution in [0.25, 0.3) is 0 Å². The number of rotatable bonds is 1. The van der Waals surface area contributed by atoms with Crippen molar-refractivity contribution in [2.75, 3.05) is 0 Å². The predicted octanol–water partition coefficient (Wildman–Crippen LogP) is 0.898. The van der Waals surface area contributed by atoms with Gasteiger partial charge < -0.3 is 30.3 Å². The summed E-state index contributed by atoms with van der Waals surface area (Å²) in [7, 11) is 0. The van der Waals surface area contributed by atoms with Gasteiger partial charge in [-0.05, 0) is 17.7 Å². The molecular formula is C15H15LiO6. The Morgan fingerprint density at radius 1 is 0.909 bits per heavy atom. The van der Waals surface area contributed by atoms with Crippen LogP contribution in [-0.4, -0.2) is 50.5 Å². The average molecular weight is 298 g/mol. The molecule has 2 aromatic rings. The Bertz CT molecular complexity index is 703. The van der Waals surface area contributed by atoms with Crippen LogP contribution < -0.4 is 4.74 Å². The zero-order valence-electron chi connectivity index (χ0n) is 10.9. The summed E-state index contributed by atoms with van der Waals surface area (Å²) in [4.78, 5) is 0. The number of benzene rings is 2. The van der Waals surface area contributed by atoms with E-state index in [0.29, 0.717) is 11.1 Å². The summed E-state index contributed by atoms with van der Waals surface area (Å²) >= 11 is 0. The molecule has 112 valence electrons. The fourth-order valence-corrected chi connectivity index (χ4v) is 2.47. The molecule has 2 unspecified atom stereocenters. The van der Waals surface area contributed by atoms with Crippen LogP contribution in [0.15, 0.2) is 30.3 Å². The molecular weight excluding hydrogens is 283 g/mol. The maximum atomic E-state index is 10.2. The third kappa shape index (κ3) is 2.81. The Hall–Kier alpha value is -2.00. The first-order valence-electron chi connectivity index (χ1n) is 6.37. The Balaban J connectivity index is 0.00000176. The molecule has 1 aliphatic rings. The van der Waals surface area contributed by atoms with Crippen LogP contribution in [0.3, 0.4) is 0 Å². The van der Waals surface area contributed by atoms with Gasteiger partial charge in [-0.15, -0.1) is 0 Å². The van der Waals surface area contributed by atoms with Gasteiger partial charge in [0.1, 0.15) is 23.4 Å². The predicted molar refractivity (Wildman–Crippen MR) is 79.8 cm³/mol. The fourth-order valence-electron chi connectivity index (χ4n) is 2.47. The minimum absolute atomic E-state index is 0. The van der Waals surface area contributed by atoms with Gasteiger partial charge in [-0.3, -0.25) is 0 Å². The third-order valence-electron chi connectivity index (χ3n) is 3.51. The van der Waals surface area contributed by atoms with E-state index in [2.05, 4.69) is 0 Å². The molecule has 6 nitrogen and oxygen atoms in total. The van der Waals surface area contributed by atoms with Gasteiger partial charge in [-0.2, -0.15) is 0 Å². The molecule has 1 aliphatic heterocycles. The summed E-state index contributed by atoms with van der Waals surface area (Å²) < 4.78 is 5.62. The second-order valence-electron chi connectivity index (χ2n) is 5.00. The molecule has 0 fully saturated rings. The Morgan fingerprint density at radius 3 is 2.32 bits per heavy atom. The van der Waals surface area contributed by atoms with Gasteiger partial charge in [-0.1, -0.05) is 6.07 Å². The molecule has 0 aliphatic carbocycles. The van der Waals surface area contributed by atoms with E-state index in [1.54, 1.807) is 0 Å². The Kier molecular flexibility index (Phi) is 4.47. The summed E-state index contributed by atoms with van der Waals surface area (Å²) in [5.74, 6) is -0.589. The second kappa shape index (κ2) is 6.01. The first-order chi connectivity index (χ1) is 9.95. The summed E-state index contributed by atoms with van der Waals surface area (Å²) in [6.45, 7) is 0. The first-order valence-corrected chi connectivity index (χ1v) is 6.37. The van der Waals surface area contributed by atoms with Crippen molar-refractivity contribution in [3.05, 3.63) is 41.5 Å². The minimum atomic E-state index is -0.933. The van der Waals surface area contributed by atoms with Crippen LogP contribution in [0.2, 0.25) is 0 Å². The molecule has 0 radical (unpaired) electrons. The first kappa shape index (κ1) is 16.4. The van der Waals surface area contributed by atoms with E-state index in [0.717, 1.165) is 0 Å². The topological polar surface area (TPSA) is 110 Å². The van der Waals surface area contributed by atoms with E-state index in [4.69, 9.17) is 4.74 Å². The fraction of sp³-hybridized carbons (Fsp3) is 0.200. The summed E-state index contributed by atoms with van der Waals surface area (Å²) in [6, 6.07) is 6.67. The Morgan fingerprint density at radius 2 is 1.64 bits per heavy atom. The van der Waals surface area contributed by atoms with Crippen LogP contribution in [0.1, 0.15) is 17.2 Å². The van der Waals surface area contributed by atoms with Gasteiger partial charge in [0.05, 0.1) is 6.10 Å². The molecule has 0 saturated carbocycles. The monoisotopic (exact) mass is 298 g/mol. The van der Waals surface area contributed by atoms with Crippen molar-refractivity contribution in [2.45, 2.75) is 18.6 Å². The molecule has 0 spiro atoms. The van der Waals surface area contributed by atoms with Crippen LogP contribution >= 0.6 is 0 Å². The van der Waals surface area contributed by atoms with E-state index in [1.165, 1.54) is 30.3 Å². The van der Waals surface area contributed by atoms with Crippen LogP contribution in [0.5, 0.6) is 28.7 Å². The van der Waals surface area contributed by atoms with Gasteiger partial charge in [-0.25, -0.2) is 0 Å². The number of aliphatic hydroxyl groups is 1. The molecule has 5 N–H and O–H groups in total. The molecule has 1 heterocycles. The van der Waals surface area contributed by atoms with Crippen molar-refractivity contribution in [2.24, 2.45) is 0 Å². The summed E-state index contributed by atoms with van der Waals surface area (Å²) in [5.41, 5.74) is 0.894. The Labute approximate surface area is 138 Å². The standard InChI is InChI=1S/C15H14O6.Li.H/c16-8-4-11(18)9-6-13(20)15(21-14(9)5-8)7-1-2-10(17)12(19)3-7;;/h1-5,13,15-20H,6H2;;. The van der Waals surface area contributed by atoms with Gasteiger partial charge >= 0.3 is 18.9 Å². The molecule has 2 aromatic carbocycles. The number of fused-ring (bicyclic) bond motifs is 1. The normalized spacial score (nSPS) is 19.7. The quantitative estimate of drug-likeness (QED) is 0.395. The second-order valence-corrected chi connectivity index (χ2v) is 5.00. The van der Waals surface area contributed by atoms with Gasteiger partial charge in [0, 0.05) is 24.1 Å². The van der Waals surface area contributed by atoms with E-state index in [1.807, 2.05) is 0 Å². The van der Waals surface area contributed by atoms with Gasteiger partial charge in [0.25, 0.3) is 0 Å². The molecule has 7 heteroatoms.